The topological polar surface area (TPSA) is 65.1 Å². The Morgan fingerprint density at radius 2 is 1.80 bits per heavy atom. The fourth-order valence-electron chi connectivity index (χ4n) is 2.04. The number of hydrogen-bond acceptors (Lipinski definition) is 5. The van der Waals surface area contributed by atoms with Crippen molar-refractivity contribution >= 4 is 11.9 Å². The molecule has 0 aliphatic heterocycles. The third-order valence-corrected chi connectivity index (χ3v) is 2.99. The summed E-state index contributed by atoms with van der Waals surface area (Å²) in [5, 5.41) is 0. The van der Waals surface area contributed by atoms with Gasteiger partial charge in [0.1, 0.15) is 13.1 Å². The minimum atomic E-state index is -4.66. The molecule has 0 unspecified atom stereocenters. The molecule has 0 bridgehead atoms. The molecule has 9 heteroatoms. The van der Waals surface area contributed by atoms with Gasteiger partial charge in [-0.3, -0.25) is 9.59 Å². The smallest absolute Gasteiger partial charge is 0.406 e. The van der Waals surface area contributed by atoms with Crippen LogP contribution in [0.5, 0.6) is 11.5 Å². The quantitative estimate of drug-likeness (QED) is 0.665. The Bertz CT molecular complexity index is 604. The van der Waals surface area contributed by atoms with Crippen LogP contribution < -0.4 is 9.47 Å². The number of carbonyl (C=O) groups is 2. The highest BCUT2D eigenvalue weighted by Gasteiger charge is 2.34. The van der Waals surface area contributed by atoms with E-state index in [1.807, 2.05) is 0 Å². The Balaban J connectivity index is 3.08. The van der Waals surface area contributed by atoms with E-state index in [0.29, 0.717) is 17.3 Å². The van der Waals surface area contributed by atoms with Crippen LogP contribution in [0.1, 0.15) is 24.2 Å². The lowest BCUT2D eigenvalue weighted by atomic mass is 10.1. The van der Waals surface area contributed by atoms with E-state index < -0.39 is 31.1 Å². The summed E-state index contributed by atoms with van der Waals surface area (Å²) in [6, 6.07) is 4.00. The van der Waals surface area contributed by atoms with E-state index in [1.165, 1.54) is 32.2 Å². The van der Waals surface area contributed by atoms with Gasteiger partial charge in [-0.05, 0) is 32.0 Å². The summed E-state index contributed by atoms with van der Waals surface area (Å²) in [6.07, 6.45) is -4.66. The Hall–Kier alpha value is -2.45. The summed E-state index contributed by atoms with van der Waals surface area (Å²) in [5.74, 6) is -1.32. The van der Waals surface area contributed by atoms with Crippen molar-refractivity contribution in [3.63, 3.8) is 0 Å². The average Bonchev–Trinajstić information content (AvgIpc) is 2.53. The van der Waals surface area contributed by atoms with Gasteiger partial charge in [0, 0.05) is 5.56 Å². The Morgan fingerprint density at radius 1 is 1.12 bits per heavy atom. The van der Waals surface area contributed by atoms with Crippen molar-refractivity contribution in [1.29, 1.82) is 0 Å². The van der Waals surface area contributed by atoms with E-state index in [4.69, 9.17) is 9.47 Å². The fraction of sp³-hybridized carbons (Fsp3) is 0.500. The summed E-state index contributed by atoms with van der Waals surface area (Å²) in [7, 11) is 1.35. The van der Waals surface area contributed by atoms with Crippen molar-refractivity contribution in [3.05, 3.63) is 23.8 Å². The zero-order chi connectivity index (χ0) is 19.0. The van der Waals surface area contributed by atoms with Gasteiger partial charge in [-0.1, -0.05) is 0 Å². The monoisotopic (exact) mass is 363 g/mol. The van der Waals surface area contributed by atoms with Crippen LogP contribution in [0.15, 0.2) is 18.2 Å². The number of alkyl halides is 3. The Morgan fingerprint density at radius 3 is 2.32 bits per heavy atom. The van der Waals surface area contributed by atoms with Crippen molar-refractivity contribution in [2.75, 3.05) is 33.4 Å². The minimum absolute atomic E-state index is 0.00373. The number of nitrogens with zero attached hydrogens (tertiary/aromatic N) is 1. The zero-order valence-electron chi connectivity index (χ0n) is 14.2. The van der Waals surface area contributed by atoms with Gasteiger partial charge in [0.25, 0.3) is 5.91 Å². The molecule has 140 valence electrons. The predicted octanol–water partition coefficient (Wildman–Crippen LogP) is 2.66. The van der Waals surface area contributed by atoms with Gasteiger partial charge in [-0.2, -0.15) is 13.2 Å². The van der Waals surface area contributed by atoms with Crippen LogP contribution in [0.3, 0.4) is 0 Å². The molecular formula is C16H20F3NO5. The first-order valence-corrected chi connectivity index (χ1v) is 7.54. The van der Waals surface area contributed by atoms with E-state index >= 15 is 0 Å². The number of methoxy groups -OCH3 is 1. The van der Waals surface area contributed by atoms with Crippen molar-refractivity contribution in [2.24, 2.45) is 0 Å². The van der Waals surface area contributed by atoms with Gasteiger partial charge in [0.05, 0.1) is 20.3 Å². The molecule has 0 N–H and O–H groups in total. The molecule has 0 aromatic heterocycles. The normalized spacial score (nSPS) is 11.0. The van der Waals surface area contributed by atoms with E-state index in [-0.39, 0.29) is 17.9 Å². The first kappa shape index (κ1) is 20.6. The molecule has 0 saturated carbocycles. The Labute approximate surface area is 143 Å². The Kier molecular flexibility index (Phi) is 7.53. The van der Waals surface area contributed by atoms with Gasteiger partial charge >= 0.3 is 12.1 Å². The van der Waals surface area contributed by atoms with Crippen molar-refractivity contribution < 1.29 is 37.0 Å². The number of rotatable bonds is 8. The highest BCUT2D eigenvalue weighted by atomic mass is 19.4. The second-order valence-electron chi connectivity index (χ2n) is 4.88. The predicted molar refractivity (Wildman–Crippen MR) is 82.8 cm³/mol. The molecule has 0 heterocycles. The average molecular weight is 363 g/mol. The number of benzene rings is 1. The fourth-order valence-corrected chi connectivity index (χ4v) is 2.04. The number of hydrogen-bond donors (Lipinski definition) is 0. The largest absolute Gasteiger partial charge is 0.493 e. The summed E-state index contributed by atoms with van der Waals surface area (Å²) in [4.78, 5) is 24.3. The minimum Gasteiger partial charge on any atom is -0.493 e. The molecule has 0 fully saturated rings. The maximum absolute atomic E-state index is 12.7. The lowest BCUT2D eigenvalue weighted by Gasteiger charge is -2.23. The SMILES string of the molecule is CCOC(=O)CN(CC(F)(F)F)C(=O)c1ccc(OCC)c(OC)c1. The number of esters is 1. The van der Waals surface area contributed by atoms with Gasteiger partial charge in [-0.15, -0.1) is 0 Å². The molecule has 1 aromatic carbocycles. The van der Waals surface area contributed by atoms with Crippen LogP contribution in [0.25, 0.3) is 0 Å². The number of ether oxygens (including phenoxy) is 3. The number of amides is 1. The van der Waals surface area contributed by atoms with E-state index in [2.05, 4.69) is 4.74 Å². The molecule has 0 aliphatic rings. The third-order valence-electron chi connectivity index (χ3n) is 2.99. The molecule has 0 radical (unpaired) electrons. The molecule has 0 spiro atoms. The molecule has 6 nitrogen and oxygen atoms in total. The lowest BCUT2D eigenvalue weighted by Crippen LogP contribution is -2.42. The maximum Gasteiger partial charge on any atom is 0.406 e. The van der Waals surface area contributed by atoms with Gasteiger partial charge in [0.15, 0.2) is 11.5 Å². The van der Waals surface area contributed by atoms with Crippen molar-refractivity contribution in [1.82, 2.24) is 4.90 Å². The zero-order valence-corrected chi connectivity index (χ0v) is 14.2. The second kappa shape index (κ2) is 9.14. The van der Waals surface area contributed by atoms with Crippen molar-refractivity contribution in [3.8, 4) is 11.5 Å². The van der Waals surface area contributed by atoms with Crippen LogP contribution >= 0.6 is 0 Å². The van der Waals surface area contributed by atoms with Gasteiger partial charge in [-0.25, -0.2) is 0 Å². The first-order chi connectivity index (χ1) is 11.7. The summed E-state index contributed by atoms with van der Waals surface area (Å²) < 4.78 is 53.2. The number of carbonyl (C=O) groups excluding carboxylic acids is 2. The van der Waals surface area contributed by atoms with Gasteiger partial charge in [0.2, 0.25) is 0 Å². The summed E-state index contributed by atoms with van der Waals surface area (Å²) >= 11 is 0. The van der Waals surface area contributed by atoms with Crippen LogP contribution in [0, 0.1) is 0 Å². The molecule has 1 rings (SSSR count). The maximum atomic E-state index is 12.7. The van der Waals surface area contributed by atoms with Crippen LogP contribution in [-0.4, -0.2) is 56.4 Å². The van der Waals surface area contributed by atoms with Crippen LogP contribution in [-0.2, 0) is 9.53 Å². The van der Waals surface area contributed by atoms with Crippen molar-refractivity contribution in [2.45, 2.75) is 20.0 Å². The second-order valence-corrected chi connectivity index (χ2v) is 4.88. The van der Waals surface area contributed by atoms with Gasteiger partial charge < -0.3 is 19.1 Å². The van der Waals surface area contributed by atoms with Crippen LogP contribution in [0.2, 0.25) is 0 Å². The molecule has 1 amide bonds. The van der Waals surface area contributed by atoms with E-state index in [1.54, 1.807) is 6.92 Å². The van der Waals surface area contributed by atoms with E-state index in [0.717, 1.165) is 0 Å². The first-order valence-electron chi connectivity index (χ1n) is 7.54. The number of halogens is 3. The third kappa shape index (κ3) is 6.52. The van der Waals surface area contributed by atoms with Crippen LogP contribution in [0.4, 0.5) is 13.2 Å². The highest BCUT2D eigenvalue weighted by molar-refractivity contribution is 5.96. The molecule has 0 saturated heterocycles. The molecule has 1 aromatic rings. The molecule has 0 aliphatic carbocycles. The molecule has 0 atom stereocenters. The summed E-state index contributed by atoms with van der Waals surface area (Å²) in [5.41, 5.74) is -0.0612. The lowest BCUT2D eigenvalue weighted by molar-refractivity contribution is -0.153. The highest BCUT2D eigenvalue weighted by Crippen LogP contribution is 2.29. The van der Waals surface area contributed by atoms with E-state index in [9.17, 15) is 22.8 Å². The molecular weight excluding hydrogens is 343 g/mol. The standard InChI is InChI=1S/C16H20F3NO5/c1-4-24-12-7-6-11(8-13(12)23-3)15(22)20(10-16(17,18)19)9-14(21)25-5-2/h6-8H,4-5,9-10H2,1-3H3. The summed E-state index contributed by atoms with van der Waals surface area (Å²) in [6.45, 7) is 1.26. The molecule has 25 heavy (non-hydrogen) atoms.